The van der Waals surface area contributed by atoms with Gasteiger partial charge in [0.25, 0.3) is 0 Å². The van der Waals surface area contributed by atoms with Crippen LogP contribution in [0.1, 0.15) is 24.6 Å². The third-order valence-electron chi connectivity index (χ3n) is 3.44. The maximum Gasteiger partial charge on any atom is 0.140 e. The van der Waals surface area contributed by atoms with Crippen molar-refractivity contribution in [1.82, 2.24) is 9.55 Å². The molecule has 4 heteroatoms. The average molecular weight is 244 g/mol. The topological polar surface area (TPSA) is 47.3 Å². The summed E-state index contributed by atoms with van der Waals surface area (Å²) in [5.41, 5.74) is 1.98. The minimum absolute atomic E-state index is 0.377. The molecule has 2 heterocycles. The Bertz CT molecular complexity index is 545. The molecular weight excluding hydrogens is 228 g/mol. The van der Waals surface area contributed by atoms with Crippen molar-refractivity contribution in [2.75, 3.05) is 7.11 Å². The summed E-state index contributed by atoms with van der Waals surface area (Å²) >= 11 is 0. The van der Waals surface area contributed by atoms with E-state index in [0.717, 1.165) is 42.2 Å². The van der Waals surface area contributed by atoms with Crippen molar-refractivity contribution in [1.29, 1.82) is 0 Å². The number of hydrogen-bond donors (Lipinski definition) is 1. The summed E-state index contributed by atoms with van der Waals surface area (Å²) in [5.74, 6) is 1.76. The molecule has 0 amide bonds. The van der Waals surface area contributed by atoms with Gasteiger partial charge in [-0.15, -0.1) is 0 Å². The van der Waals surface area contributed by atoms with Gasteiger partial charge in [0.15, 0.2) is 0 Å². The van der Waals surface area contributed by atoms with E-state index in [1.807, 2.05) is 24.3 Å². The lowest BCUT2D eigenvalue weighted by atomic mass is 10.1. The van der Waals surface area contributed by atoms with Crippen molar-refractivity contribution in [2.24, 2.45) is 0 Å². The molecule has 1 aromatic heterocycles. The number of rotatable bonds is 2. The largest absolute Gasteiger partial charge is 0.497 e. The van der Waals surface area contributed by atoms with Crippen LogP contribution in [0.25, 0.3) is 11.4 Å². The lowest BCUT2D eigenvalue weighted by Gasteiger charge is -2.21. The predicted molar refractivity (Wildman–Crippen MR) is 68.4 cm³/mol. The Balaban J connectivity index is 2.01. The van der Waals surface area contributed by atoms with Crippen LogP contribution in [0.15, 0.2) is 30.5 Å². The second kappa shape index (κ2) is 4.46. The highest BCUT2D eigenvalue weighted by Crippen LogP contribution is 2.30. The zero-order valence-electron chi connectivity index (χ0n) is 10.3. The molecule has 1 N–H and O–H groups in total. The fraction of sp³-hybridized carbons (Fsp3) is 0.357. The molecule has 0 saturated carbocycles. The van der Waals surface area contributed by atoms with Crippen LogP contribution in [0.3, 0.4) is 0 Å². The monoisotopic (exact) mass is 244 g/mol. The molecule has 18 heavy (non-hydrogen) atoms. The Kier molecular flexibility index (Phi) is 2.80. The number of ether oxygens (including phenoxy) is 1. The average Bonchev–Trinajstić information content (AvgIpc) is 2.84. The first-order valence-electron chi connectivity index (χ1n) is 6.17. The number of benzene rings is 1. The SMILES string of the molecule is COc1ccc(-c2ncc3n2CCCC3O)cc1. The first-order valence-corrected chi connectivity index (χ1v) is 6.17. The molecule has 0 radical (unpaired) electrons. The Morgan fingerprint density at radius 3 is 2.83 bits per heavy atom. The molecular formula is C14H16N2O2. The Morgan fingerprint density at radius 2 is 2.11 bits per heavy atom. The lowest BCUT2D eigenvalue weighted by Crippen LogP contribution is -2.15. The molecule has 0 spiro atoms. The van der Waals surface area contributed by atoms with Gasteiger partial charge >= 0.3 is 0 Å². The first-order chi connectivity index (χ1) is 8.79. The molecule has 1 aliphatic heterocycles. The van der Waals surface area contributed by atoms with E-state index in [1.54, 1.807) is 13.3 Å². The maximum absolute atomic E-state index is 9.92. The van der Waals surface area contributed by atoms with Gasteiger partial charge in [0.2, 0.25) is 0 Å². The summed E-state index contributed by atoms with van der Waals surface area (Å²) in [6.07, 6.45) is 3.23. The molecule has 4 nitrogen and oxygen atoms in total. The summed E-state index contributed by atoms with van der Waals surface area (Å²) < 4.78 is 7.26. The van der Waals surface area contributed by atoms with Crippen molar-refractivity contribution in [3.8, 4) is 17.1 Å². The minimum Gasteiger partial charge on any atom is -0.497 e. The Morgan fingerprint density at radius 1 is 1.33 bits per heavy atom. The van der Waals surface area contributed by atoms with Gasteiger partial charge in [0.05, 0.1) is 25.1 Å². The molecule has 1 atom stereocenters. The van der Waals surface area contributed by atoms with E-state index in [2.05, 4.69) is 9.55 Å². The number of aliphatic hydroxyl groups excluding tert-OH is 1. The predicted octanol–water partition coefficient (Wildman–Crippen LogP) is 2.39. The summed E-state index contributed by atoms with van der Waals surface area (Å²) in [4.78, 5) is 4.44. The van der Waals surface area contributed by atoms with E-state index in [-0.39, 0.29) is 6.10 Å². The molecule has 0 fully saturated rings. The van der Waals surface area contributed by atoms with E-state index in [9.17, 15) is 5.11 Å². The van der Waals surface area contributed by atoms with Crippen molar-refractivity contribution < 1.29 is 9.84 Å². The molecule has 3 rings (SSSR count). The Hall–Kier alpha value is -1.81. The van der Waals surface area contributed by atoms with Crippen molar-refractivity contribution in [3.63, 3.8) is 0 Å². The highest BCUT2D eigenvalue weighted by atomic mass is 16.5. The van der Waals surface area contributed by atoms with Crippen molar-refractivity contribution in [3.05, 3.63) is 36.2 Å². The smallest absolute Gasteiger partial charge is 0.140 e. The van der Waals surface area contributed by atoms with Crippen LogP contribution in [0.4, 0.5) is 0 Å². The second-order valence-corrected chi connectivity index (χ2v) is 4.54. The number of nitrogens with zero attached hydrogens (tertiary/aromatic N) is 2. The molecule has 94 valence electrons. The molecule has 1 unspecified atom stereocenters. The number of methoxy groups -OCH3 is 1. The number of hydrogen-bond acceptors (Lipinski definition) is 3. The highest BCUT2D eigenvalue weighted by molar-refractivity contribution is 5.57. The summed E-state index contributed by atoms with van der Waals surface area (Å²) in [5, 5.41) is 9.92. The third-order valence-corrected chi connectivity index (χ3v) is 3.44. The van der Waals surface area contributed by atoms with Gasteiger partial charge in [-0.2, -0.15) is 0 Å². The minimum atomic E-state index is -0.377. The molecule has 0 bridgehead atoms. The van der Waals surface area contributed by atoms with Gasteiger partial charge in [-0.25, -0.2) is 4.98 Å². The van der Waals surface area contributed by atoms with Crippen LogP contribution < -0.4 is 4.74 Å². The van der Waals surface area contributed by atoms with Crippen LogP contribution in [-0.2, 0) is 6.54 Å². The standard InChI is InChI=1S/C14H16N2O2/c1-18-11-6-4-10(5-7-11)14-15-9-12-13(17)3-2-8-16(12)14/h4-7,9,13,17H,2-3,8H2,1H3. The fourth-order valence-corrected chi connectivity index (χ4v) is 2.45. The van der Waals surface area contributed by atoms with E-state index < -0.39 is 0 Å². The normalized spacial score (nSPS) is 18.4. The van der Waals surface area contributed by atoms with Gasteiger partial charge in [-0.05, 0) is 37.1 Å². The van der Waals surface area contributed by atoms with Crippen LogP contribution >= 0.6 is 0 Å². The summed E-state index contributed by atoms with van der Waals surface area (Å²) in [6.45, 7) is 0.924. The molecule has 0 aliphatic carbocycles. The molecule has 1 aliphatic rings. The van der Waals surface area contributed by atoms with Crippen LogP contribution in [0.5, 0.6) is 5.75 Å². The second-order valence-electron chi connectivity index (χ2n) is 4.54. The number of fused-ring (bicyclic) bond motifs is 1. The quantitative estimate of drug-likeness (QED) is 0.882. The summed E-state index contributed by atoms with van der Waals surface area (Å²) in [6, 6.07) is 7.84. The van der Waals surface area contributed by atoms with E-state index in [1.165, 1.54) is 0 Å². The molecule has 1 aromatic carbocycles. The van der Waals surface area contributed by atoms with Gasteiger partial charge in [-0.1, -0.05) is 0 Å². The maximum atomic E-state index is 9.92. The van der Waals surface area contributed by atoms with Gasteiger partial charge in [0, 0.05) is 12.1 Å². The van der Waals surface area contributed by atoms with Crippen LogP contribution in [-0.4, -0.2) is 21.8 Å². The van der Waals surface area contributed by atoms with Crippen LogP contribution in [0, 0.1) is 0 Å². The zero-order valence-corrected chi connectivity index (χ0v) is 10.3. The summed E-state index contributed by atoms with van der Waals surface area (Å²) in [7, 11) is 1.66. The van der Waals surface area contributed by atoms with E-state index in [4.69, 9.17) is 4.74 Å². The van der Waals surface area contributed by atoms with Crippen molar-refractivity contribution in [2.45, 2.75) is 25.5 Å². The highest BCUT2D eigenvalue weighted by Gasteiger charge is 2.21. The number of imidazole rings is 1. The van der Waals surface area contributed by atoms with Crippen molar-refractivity contribution >= 4 is 0 Å². The van der Waals surface area contributed by atoms with Gasteiger partial charge in [-0.3, -0.25) is 0 Å². The lowest BCUT2D eigenvalue weighted by molar-refractivity contribution is 0.139. The molecule has 0 saturated heterocycles. The van der Waals surface area contributed by atoms with Crippen LogP contribution in [0.2, 0.25) is 0 Å². The number of aliphatic hydroxyl groups is 1. The fourth-order valence-electron chi connectivity index (χ4n) is 2.45. The van der Waals surface area contributed by atoms with Gasteiger partial charge in [0.1, 0.15) is 11.6 Å². The zero-order chi connectivity index (χ0) is 12.5. The van der Waals surface area contributed by atoms with E-state index in [0.29, 0.717) is 0 Å². The van der Waals surface area contributed by atoms with E-state index >= 15 is 0 Å². The third kappa shape index (κ3) is 1.78. The Labute approximate surface area is 106 Å². The number of aromatic nitrogens is 2. The van der Waals surface area contributed by atoms with Gasteiger partial charge < -0.3 is 14.4 Å². The molecule has 2 aromatic rings. The first kappa shape index (κ1) is 11.3.